The monoisotopic (exact) mass is 327 g/mol. The number of aromatic nitrogens is 1. The third-order valence-corrected chi connectivity index (χ3v) is 5.22. The molecule has 1 aromatic heterocycles. The van der Waals surface area contributed by atoms with Gasteiger partial charge in [-0.15, -0.1) is 22.9 Å². The summed E-state index contributed by atoms with van der Waals surface area (Å²) in [4.78, 5) is 5.95. The van der Waals surface area contributed by atoms with E-state index < -0.39 is 0 Å². The Morgan fingerprint density at radius 2 is 1.64 bits per heavy atom. The first-order valence-electron chi connectivity index (χ1n) is 7.40. The summed E-state index contributed by atoms with van der Waals surface area (Å²) in [5.41, 5.74) is 4.63. The van der Waals surface area contributed by atoms with E-state index in [1.54, 1.807) is 11.3 Å². The molecule has 0 atom stereocenters. The van der Waals surface area contributed by atoms with Crippen LogP contribution in [0.15, 0.2) is 54.6 Å². The fraction of sp³-hybridized carbons (Fsp3) is 0.211. The molecule has 3 aromatic rings. The maximum atomic E-state index is 6.12. The molecule has 0 aliphatic heterocycles. The number of thiazole rings is 1. The van der Waals surface area contributed by atoms with E-state index in [4.69, 9.17) is 16.6 Å². The second-order valence-electron chi connectivity index (χ2n) is 5.57. The van der Waals surface area contributed by atoms with E-state index in [-0.39, 0.29) is 0 Å². The highest BCUT2D eigenvalue weighted by Crippen LogP contribution is 2.35. The van der Waals surface area contributed by atoms with Crippen molar-refractivity contribution in [2.45, 2.75) is 25.6 Å². The van der Waals surface area contributed by atoms with E-state index in [0.717, 1.165) is 26.7 Å². The average Bonchev–Trinajstić information content (AvgIpc) is 3.00. The van der Waals surface area contributed by atoms with Crippen LogP contribution in [0.5, 0.6) is 0 Å². The molecule has 22 heavy (non-hydrogen) atoms. The Kier molecular flexibility index (Phi) is 4.60. The van der Waals surface area contributed by atoms with Crippen LogP contribution in [0.4, 0.5) is 0 Å². The Balaban J connectivity index is 2.00. The van der Waals surface area contributed by atoms with E-state index >= 15 is 0 Å². The van der Waals surface area contributed by atoms with Crippen molar-refractivity contribution in [3.8, 4) is 21.8 Å². The van der Waals surface area contributed by atoms with E-state index in [9.17, 15) is 0 Å². The summed E-state index contributed by atoms with van der Waals surface area (Å²) in [6.45, 7) is 4.41. The molecule has 3 rings (SSSR count). The Bertz CT molecular complexity index is 745. The van der Waals surface area contributed by atoms with Gasteiger partial charge in [-0.3, -0.25) is 0 Å². The zero-order chi connectivity index (χ0) is 15.5. The molecule has 0 bridgehead atoms. The van der Waals surface area contributed by atoms with Crippen molar-refractivity contribution in [1.29, 1.82) is 0 Å². The molecule has 0 amide bonds. The molecule has 0 unspecified atom stereocenters. The van der Waals surface area contributed by atoms with Gasteiger partial charge in [-0.2, -0.15) is 0 Å². The molecule has 0 N–H and O–H groups in total. The maximum absolute atomic E-state index is 6.12. The van der Waals surface area contributed by atoms with E-state index in [0.29, 0.717) is 11.8 Å². The van der Waals surface area contributed by atoms with Gasteiger partial charge in [0.1, 0.15) is 5.01 Å². The van der Waals surface area contributed by atoms with Crippen LogP contribution in [0.3, 0.4) is 0 Å². The van der Waals surface area contributed by atoms with Gasteiger partial charge in [0.2, 0.25) is 0 Å². The molecule has 0 radical (unpaired) electrons. The van der Waals surface area contributed by atoms with Gasteiger partial charge in [0.05, 0.1) is 11.6 Å². The van der Waals surface area contributed by atoms with Gasteiger partial charge < -0.3 is 0 Å². The Labute approximate surface area is 140 Å². The lowest BCUT2D eigenvalue weighted by Gasteiger charge is -2.05. The average molecular weight is 328 g/mol. The summed E-state index contributed by atoms with van der Waals surface area (Å²) in [5, 5.41) is 1.03. The predicted octanol–water partition coefficient (Wildman–Crippen LogP) is 6.34. The normalized spacial score (nSPS) is 11.1. The lowest BCUT2D eigenvalue weighted by molar-refractivity contribution is 0.867. The minimum absolute atomic E-state index is 0.492. The highest BCUT2D eigenvalue weighted by atomic mass is 35.5. The molecule has 0 aliphatic rings. The van der Waals surface area contributed by atoms with Gasteiger partial charge in [0, 0.05) is 16.0 Å². The van der Waals surface area contributed by atoms with Crippen LogP contribution in [-0.2, 0) is 5.88 Å². The first kappa shape index (κ1) is 15.3. The summed E-state index contributed by atoms with van der Waals surface area (Å²) < 4.78 is 0. The quantitative estimate of drug-likeness (QED) is 0.509. The predicted molar refractivity (Wildman–Crippen MR) is 96.6 cm³/mol. The third-order valence-electron chi connectivity index (χ3n) is 3.69. The summed E-state index contributed by atoms with van der Waals surface area (Å²) in [5.74, 6) is 1.04. The molecule has 0 saturated heterocycles. The Morgan fingerprint density at radius 3 is 2.23 bits per heavy atom. The van der Waals surface area contributed by atoms with Gasteiger partial charge in [0.15, 0.2) is 0 Å². The number of hydrogen-bond acceptors (Lipinski definition) is 2. The number of halogens is 1. The second kappa shape index (κ2) is 6.64. The molecule has 112 valence electrons. The largest absolute Gasteiger partial charge is 0.236 e. The van der Waals surface area contributed by atoms with Crippen LogP contribution in [0.25, 0.3) is 21.8 Å². The highest BCUT2D eigenvalue weighted by molar-refractivity contribution is 7.15. The van der Waals surface area contributed by atoms with Gasteiger partial charge in [-0.1, -0.05) is 68.4 Å². The van der Waals surface area contributed by atoms with Crippen LogP contribution < -0.4 is 0 Å². The summed E-state index contributed by atoms with van der Waals surface area (Å²) in [6, 6.07) is 18.9. The van der Waals surface area contributed by atoms with E-state index in [1.807, 2.05) is 18.2 Å². The first-order chi connectivity index (χ1) is 10.7. The van der Waals surface area contributed by atoms with Crippen LogP contribution in [-0.4, -0.2) is 4.98 Å². The standard InChI is InChI=1S/C19H18ClNS/c1-13(2)14-8-10-16(11-9-14)19-21-18(17(12-20)22-19)15-6-4-3-5-7-15/h3-11,13H,12H2,1-2H3. The molecule has 0 aliphatic carbocycles. The van der Waals surface area contributed by atoms with Gasteiger partial charge in [-0.25, -0.2) is 4.98 Å². The van der Waals surface area contributed by atoms with Crippen LogP contribution in [0.2, 0.25) is 0 Å². The minimum atomic E-state index is 0.492. The molecule has 1 heterocycles. The SMILES string of the molecule is CC(C)c1ccc(-c2nc(-c3ccccc3)c(CCl)s2)cc1. The summed E-state index contributed by atoms with van der Waals surface area (Å²) in [6.07, 6.45) is 0. The maximum Gasteiger partial charge on any atom is 0.124 e. The fourth-order valence-electron chi connectivity index (χ4n) is 2.40. The molecule has 0 saturated carbocycles. The molecule has 0 fully saturated rings. The van der Waals surface area contributed by atoms with Crippen molar-refractivity contribution in [3.63, 3.8) is 0 Å². The minimum Gasteiger partial charge on any atom is -0.236 e. The zero-order valence-electron chi connectivity index (χ0n) is 12.7. The van der Waals surface area contributed by atoms with Crippen molar-refractivity contribution in [2.75, 3.05) is 0 Å². The van der Waals surface area contributed by atoms with Crippen LogP contribution in [0, 0.1) is 0 Å². The Hall–Kier alpha value is -1.64. The lowest BCUT2D eigenvalue weighted by Crippen LogP contribution is -1.86. The number of rotatable bonds is 4. The first-order valence-corrected chi connectivity index (χ1v) is 8.75. The number of benzene rings is 2. The molecule has 2 aromatic carbocycles. The smallest absolute Gasteiger partial charge is 0.124 e. The van der Waals surface area contributed by atoms with Crippen molar-refractivity contribution in [3.05, 3.63) is 65.0 Å². The van der Waals surface area contributed by atoms with Crippen LogP contribution >= 0.6 is 22.9 Å². The van der Waals surface area contributed by atoms with E-state index in [2.05, 4.69) is 50.2 Å². The summed E-state index contributed by atoms with van der Waals surface area (Å²) >= 11 is 7.80. The number of alkyl halides is 1. The highest BCUT2D eigenvalue weighted by Gasteiger charge is 2.13. The third kappa shape index (κ3) is 3.08. The fourth-order valence-corrected chi connectivity index (χ4v) is 3.63. The molecule has 1 nitrogen and oxygen atoms in total. The second-order valence-corrected chi connectivity index (χ2v) is 6.92. The summed E-state index contributed by atoms with van der Waals surface area (Å²) in [7, 11) is 0. The topological polar surface area (TPSA) is 12.9 Å². The van der Waals surface area contributed by atoms with Crippen molar-refractivity contribution < 1.29 is 0 Å². The zero-order valence-corrected chi connectivity index (χ0v) is 14.3. The molecular formula is C19H18ClNS. The van der Waals surface area contributed by atoms with Crippen molar-refractivity contribution >= 4 is 22.9 Å². The van der Waals surface area contributed by atoms with Gasteiger partial charge >= 0.3 is 0 Å². The van der Waals surface area contributed by atoms with Crippen LogP contribution in [0.1, 0.15) is 30.2 Å². The van der Waals surface area contributed by atoms with Gasteiger partial charge in [0.25, 0.3) is 0 Å². The van der Waals surface area contributed by atoms with Crippen molar-refractivity contribution in [2.24, 2.45) is 0 Å². The molecular weight excluding hydrogens is 310 g/mol. The lowest BCUT2D eigenvalue weighted by atomic mass is 10.0. The Morgan fingerprint density at radius 1 is 0.955 bits per heavy atom. The number of nitrogens with zero attached hydrogens (tertiary/aromatic N) is 1. The molecule has 0 spiro atoms. The van der Waals surface area contributed by atoms with E-state index in [1.165, 1.54) is 5.56 Å². The number of hydrogen-bond donors (Lipinski definition) is 0. The van der Waals surface area contributed by atoms with Crippen molar-refractivity contribution in [1.82, 2.24) is 4.98 Å². The van der Waals surface area contributed by atoms with Gasteiger partial charge in [-0.05, 0) is 11.5 Å². The molecule has 3 heteroatoms.